The normalized spacial score (nSPS) is 11.2. The lowest BCUT2D eigenvalue weighted by molar-refractivity contribution is 0.0253. The number of aromatic nitrogens is 2. The third-order valence-corrected chi connectivity index (χ3v) is 1.74. The molecule has 1 aromatic rings. The number of nitrogens with one attached hydrogen (secondary N) is 1. The zero-order valence-corrected chi connectivity index (χ0v) is 8.28. The average Bonchev–Trinajstić information content (AvgIpc) is 2.27. The topological polar surface area (TPSA) is 107 Å². The van der Waals surface area contributed by atoms with Gasteiger partial charge in [0.15, 0.2) is 5.69 Å². The van der Waals surface area contributed by atoms with Crippen molar-refractivity contribution in [1.82, 2.24) is 10.2 Å². The van der Waals surface area contributed by atoms with Crippen LogP contribution in [0.5, 0.6) is 0 Å². The molecule has 1 aromatic heterocycles. The van der Waals surface area contributed by atoms with Crippen molar-refractivity contribution >= 4 is 11.7 Å². The van der Waals surface area contributed by atoms with Gasteiger partial charge in [0.2, 0.25) is 0 Å². The number of primary amides is 1. The fourth-order valence-corrected chi connectivity index (χ4v) is 0.850. The first-order chi connectivity index (χ1) is 7.44. The van der Waals surface area contributed by atoms with E-state index in [0.29, 0.717) is 0 Å². The molecule has 0 bridgehead atoms. The van der Waals surface area contributed by atoms with Crippen LogP contribution in [0.15, 0.2) is 12.1 Å². The van der Waals surface area contributed by atoms with Crippen molar-refractivity contribution in [3.8, 4) is 0 Å². The number of nitrogens with two attached hydrogens (primary N) is 2. The lowest BCUT2D eigenvalue weighted by atomic mass is 10.3. The van der Waals surface area contributed by atoms with Crippen molar-refractivity contribution in [1.29, 1.82) is 0 Å². The molecule has 0 unspecified atom stereocenters. The van der Waals surface area contributed by atoms with Crippen LogP contribution >= 0.6 is 0 Å². The summed E-state index contributed by atoms with van der Waals surface area (Å²) in [6.07, 6.45) is 0. The number of hydrogen-bond acceptors (Lipinski definition) is 5. The molecular formula is C8H11F2N5O. The predicted molar refractivity (Wildman–Crippen MR) is 53.0 cm³/mol. The molecule has 1 rings (SSSR count). The molecule has 0 spiro atoms. The van der Waals surface area contributed by atoms with Gasteiger partial charge in [0.25, 0.3) is 11.8 Å². The summed E-state index contributed by atoms with van der Waals surface area (Å²) in [5.74, 6) is -3.62. The highest BCUT2D eigenvalue weighted by molar-refractivity contribution is 5.90. The monoisotopic (exact) mass is 231 g/mol. The van der Waals surface area contributed by atoms with Crippen LogP contribution in [0, 0.1) is 0 Å². The van der Waals surface area contributed by atoms with Gasteiger partial charge in [0.05, 0.1) is 13.1 Å². The minimum atomic E-state index is -3.01. The third kappa shape index (κ3) is 3.39. The van der Waals surface area contributed by atoms with Crippen LogP contribution in [0.3, 0.4) is 0 Å². The smallest absolute Gasteiger partial charge is 0.276 e. The van der Waals surface area contributed by atoms with Gasteiger partial charge in [-0.3, -0.25) is 4.79 Å². The van der Waals surface area contributed by atoms with E-state index < -0.39 is 24.9 Å². The second-order valence-electron chi connectivity index (χ2n) is 3.08. The summed E-state index contributed by atoms with van der Waals surface area (Å²) in [6.45, 7) is -1.40. The molecule has 0 fully saturated rings. The second kappa shape index (κ2) is 4.79. The molecule has 88 valence electrons. The van der Waals surface area contributed by atoms with Crippen molar-refractivity contribution in [3.05, 3.63) is 17.8 Å². The molecule has 1 heterocycles. The third-order valence-electron chi connectivity index (χ3n) is 1.74. The van der Waals surface area contributed by atoms with Crippen LogP contribution < -0.4 is 16.8 Å². The Balaban J connectivity index is 2.59. The zero-order chi connectivity index (χ0) is 12.2. The van der Waals surface area contributed by atoms with E-state index in [4.69, 9.17) is 11.5 Å². The predicted octanol–water partition coefficient (Wildman–Crippen LogP) is -0.419. The molecule has 1 amide bonds. The first-order valence-electron chi connectivity index (χ1n) is 4.40. The fraction of sp³-hybridized carbons (Fsp3) is 0.375. The Bertz CT molecular complexity index is 367. The first kappa shape index (κ1) is 12.2. The number of anilines is 1. The number of rotatable bonds is 5. The van der Waals surface area contributed by atoms with Crippen molar-refractivity contribution in [2.24, 2.45) is 11.5 Å². The van der Waals surface area contributed by atoms with Gasteiger partial charge in [-0.2, -0.15) is 0 Å². The van der Waals surface area contributed by atoms with E-state index in [0.717, 1.165) is 0 Å². The first-order valence-corrected chi connectivity index (χ1v) is 4.40. The van der Waals surface area contributed by atoms with Gasteiger partial charge < -0.3 is 16.8 Å². The van der Waals surface area contributed by atoms with Gasteiger partial charge in [-0.05, 0) is 12.1 Å². The van der Waals surface area contributed by atoms with Crippen LogP contribution in [0.1, 0.15) is 10.5 Å². The number of hydrogen-bond donors (Lipinski definition) is 3. The Morgan fingerprint density at radius 3 is 2.56 bits per heavy atom. The Morgan fingerprint density at radius 1 is 1.44 bits per heavy atom. The molecule has 0 aromatic carbocycles. The standard InChI is InChI=1S/C8H11F2N5O/c9-8(10,3-11)4-13-6-2-1-5(7(12)16)14-15-6/h1-2H,3-4,11H2,(H2,12,16)(H,13,15). The lowest BCUT2D eigenvalue weighted by Gasteiger charge is -2.14. The SMILES string of the molecule is NCC(F)(F)CNc1ccc(C(N)=O)nn1. The average molecular weight is 231 g/mol. The molecule has 8 heteroatoms. The van der Waals surface area contributed by atoms with E-state index in [1.807, 2.05) is 0 Å². The number of carbonyl (C=O) groups is 1. The zero-order valence-electron chi connectivity index (χ0n) is 8.28. The highest BCUT2D eigenvalue weighted by Gasteiger charge is 2.26. The maximum absolute atomic E-state index is 12.7. The second-order valence-corrected chi connectivity index (χ2v) is 3.08. The highest BCUT2D eigenvalue weighted by atomic mass is 19.3. The van der Waals surface area contributed by atoms with Gasteiger partial charge in [0.1, 0.15) is 5.82 Å². The minimum Gasteiger partial charge on any atom is -0.364 e. The van der Waals surface area contributed by atoms with Crippen LogP contribution in [-0.4, -0.2) is 35.1 Å². The molecule has 0 radical (unpaired) electrons. The molecule has 0 saturated heterocycles. The summed E-state index contributed by atoms with van der Waals surface area (Å²) in [6, 6.07) is 2.62. The Morgan fingerprint density at radius 2 is 2.12 bits per heavy atom. The van der Waals surface area contributed by atoms with Crippen molar-refractivity contribution in [2.75, 3.05) is 18.4 Å². The lowest BCUT2D eigenvalue weighted by Crippen LogP contribution is -2.35. The van der Waals surface area contributed by atoms with E-state index in [1.54, 1.807) is 0 Å². The maximum atomic E-state index is 12.7. The van der Waals surface area contributed by atoms with E-state index in [-0.39, 0.29) is 11.5 Å². The van der Waals surface area contributed by atoms with Crippen LogP contribution in [0.25, 0.3) is 0 Å². The number of alkyl halides is 2. The number of halogens is 2. The van der Waals surface area contributed by atoms with Gasteiger partial charge in [-0.1, -0.05) is 0 Å². The molecule has 6 nitrogen and oxygen atoms in total. The maximum Gasteiger partial charge on any atom is 0.276 e. The van der Waals surface area contributed by atoms with Crippen LogP contribution in [0.4, 0.5) is 14.6 Å². The summed E-state index contributed by atoms with van der Waals surface area (Å²) < 4.78 is 25.5. The van der Waals surface area contributed by atoms with E-state index in [9.17, 15) is 13.6 Å². The van der Waals surface area contributed by atoms with E-state index in [1.165, 1.54) is 12.1 Å². The van der Waals surface area contributed by atoms with Gasteiger partial charge in [-0.25, -0.2) is 8.78 Å². The van der Waals surface area contributed by atoms with E-state index >= 15 is 0 Å². The quantitative estimate of drug-likeness (QED) is 0.638. The molecule has 0 aliphatic carbocycles. The summed E-state index contributed by atoms with van der Waals surface area (Å²) in [4.78, 5) is 10.6. The van der Waals surface area contributed by atoms with Crippen molar-refractivity contribution in [2.45, 2.75) is 5.92 Å². The summed E-state index contributed by atoms with van der Waals surface area (Å²) in [5, 5.41) is 9.29. The van der Waals surface area contributed by atoms with Crippen molar-refractivity contribution < 1.29 is 13.6 Å². The Hall–Kier alpha value is -1.83. The number of nitrogens with zero attached hydrogens (tertiary/aromatic N) is 2. The number of amides is 1. The summed E-state index contributed by atoms with van der Waals surface area (Å²) >= 11 is 0. The molecule has 0 saturated carbocycles. The van der Waals surface area contributed by atoms with Crippen molar-refractivity contribution in [3.63, 3.8) is 0 Å². The molecule has 0 aliphatic rings. The molecule has 0 aliphatic heterocycles. The Labute approximate surface area is 90.0 Å². The van der Waals surface area contributed by atoms with Crippen LogP contribution in [0.2, 0.25) is 0 Å². The molecule has 5 N–H and O–H groups in total. The van der Waals surface area contributed by atoms with Crippen LogP contribution in [-0.2, 0) is 0 Å². The van der Waals surface area contributed by atoms with Gasteiger partial charge >= 0.3 is 0 Å². The fourth-order valence-electron chi connectivity index (χ4n) is 0.850. The number of carbonyl (C=O) groups excluding carboxylic acids is 1. The summed E-state index contributed by atoms with van der Waals surface area (Å²) in [7, 11) is 0. The molecule has 0 atom stereocenters. The van der Waals surface area contributed by atoms with Gasteiger partial charge in [-0.15, -0.1) is 10.2 Å². The Kier molecular flexibility index (Phi) is 3.67. The molecular weight excluding hydrogens is 220 g/mol. The minimum absolute atomic E-state index is 0.0314. The molecule has 16 heavy (non-hydrogen) atoms. The highest BCUT2D eigenvalue weighted by Crippen LogP contribution is 2.12. The summed E-state index contributed by atoms with van der Waals surface area (Å²) in [5.41, 5.74) is 9.75. The largest absolute Gasteiger partial charge is 0.364 e. The van der Waals surface area contributed by atoms with E-state index in [2.05, 4.69) is 15.5 Å². The van der Waals surface area contributed by atoms with Gasteiger partial charge in [0, 0.05) is 0 Å².